The number of hydrogen-bond acceptors (Lipinski definition) is 4. The first-order valence-corrected chi connectivity index (χ1v) is 9.92. The molecule has 0 aromatic rings. The Hall–Kier alpha value is -0.760. The summed E-state index contributed by atoms with van der Waals surface area (Å²) in [5.41, 5.74) is 0. The van der Waals surface area contributed by atoms with Crippen molar-refractivity contribution < 1.29 is 43.4 Å². The largest absolute Gasteiger partial charge is 0.481 e. The van der Waals surface area contributed by atoms with E-state index in [1.165, 1.54) is 0 Å². The number of rotatable bonds is 6. The molecule has 1 saturated carbocycles. The van der Waals surface area contributed by atoms with Gasteiger partial charge in [0.1, 0.15) is 0 Å². The first kappa shape index (κ1) is 19.3. The smallest absolute Gasteiger partial charge is 0.341 e. The summed E-state index contributed by atoms with van der Waals surface area (Å²) in [5.74, 6) is -2.90. The van der Waals surface area contributed by atoms with Crippen molar-refractivity contribution in [3.63, 3.8) is 0 Å². The van der Waals surface area contributed by atoms with Gasteiger partial charge in [0.05, 0.1) is 12.3 Å². The SMILES string of the molecule is O=C(CC(P(=O)(O)O)P(=O)(O)O)NC1CCCCC1C(=O)O. The minimum Gasteiger partial charge on any atom is -0.481 e. The molecule has 1 aliphatic carbocycles. The van der Waals surface area contributed by atoms with E-state index in [4.69, 9.17) is 24.7 Å². The molecule has 0 aromatic carbocycles. The average molecular weight is 359 g/mol. The fourth-order valence-electron chi connectivity index (χ4n) is 2.46. The van der Waals surface area contributed by atoms with Crippen molar-refractivity contribution in [3.05, 3.63) is 0 Å². The fraction of sp³-hybridized carbons (Fsp3) is 0.800. The van der Waals surface area contributed by atoms with E-state index in [-0.39, 0.29) is 0 Å². The van der Waals surface area contributed by atoms with Crippen LogP contribution in [0.1, 0.15) is 32.1 Å². The van der Waals surface area contributed by atoms with Crippen LogP contribution < -0.4 is 5.32 Å². The van der Waals surface area contributed by atoms with E-state index in [2.05, 4.69) is 5.32 Å². The Morgan fingerprint density at radius 2 is 1.55 bits per heavy atom. The highest BCUT2D eigenvalue weighted by Crippen LogP contribution is 2.61. The Balaban J connectivity index is 2.77. The molecule has 0 spiro atoms. The van der Waals surface area contributed by atoms with Crippen molar-refractivity contribution in [2.75, 3.05) is 0 Å². The minimum atomic E-state index is -5.18. The van der Waals surface area contributed by atoms with Gasteiger partial charge in [-0.3, -0.25) is 18.7 Å². The third-order valence-corrected chi connectivity index (χ3v) is 7.30. The second-order valence-corrected chi connectivity index (χ2v) is 9.28. The zero-order valence-electron chi connectivity index (χ0n) is 11.5. The van der Waals surface area contributed by atoms with Crippen LogP contribution in [-0.4, -0.2) is 48.0 Å². The molecule has 0 aliphatic heterocycles. The molecular formula is C10H19NO9P2. The van der Waals surface area contributed by atoms with E-state index in [1.54, 1.807) is 0 Å². The molecule has 12 heteroatoms. The maximum absolute atomic E-state index is 11.8. The second kappa shape index (κ2) is 7.21. The number of carbonyl (C=O) groups excluding carboxylic acids is 1. The first-order chi connectivity index (χ1) is 9.93. The molecule has 0 aromatic heterocycles. The molecule has 2 unspecified atom stereocenters. The number of amides is 1. The lowest BCUT2D eigenvalue weighted by atomic mass is 9.84. The second-order valence-electron chi connectivity index (χ2n) is 5.27. The summed E-state index contributed by atoms with van der Waals surface area (Å²) in [4.78, 5) is 58.7. The molecule has 1 rings (SSSR count). The van der Waals surface area contributed by atoms with Gasteiger partial charge in [0, 0.05) is 6.04 Å². The van der Waals surface area contributed by atoms with E-state index < -0.39 is 50.8 Å². The van der Waals surface area contributed by atoms with Gasteiger partial charge >= 0.3 is 21.2 Å². The standard InChI is InChI=1S/C10H19NO9P2/c12-8(5-9(21(15,16)17)22(18,19)20)11-7-4-2-1-3-6(7)10(13)14/h6-7,9H,1-5H2,(H,11,12)(H,13,14)(H2,15,16,17)(H2,18,19,20). The van der Waals surface area contributed by atoms with Crippen molar-refractivity contribution in [2.45, 2.75) is 43.5 Å². The van der Waals surface area contributed by atoms with Gasteiger partial charge < -0.3 is 30.0 Å². The highest BCUT2D eigenvalue weighted by Gasteiger charge is 2.45. The molecule has 0 heterocycles. The van der Waals surface area contributed by atoms with Crippen LogP contribution in [0.5, 0.6) is 0 Å². The molecule has 6 N–H and O–H groups in total. The lowest BCUT2D eigenvalue weighted by Crippen LogP contribution is -2.45. The van der Waals surface area contributed by atoms with Gasteiger partial charge in [0.25, 0.3) is 0 Å². The summed E-state index contributed by atoms with van der Waals surface area (Å²) in [6, 6.07) is -0.715. The molecule has 2 atom stereocenters. The van der Waals surface area contributed by atoms with Crippen LogP contribution in [0.4, 0.5) is 0 Å². The van der Waals surface area contributed by atoms with Gasteiger partial charge in [-0.05, 0) is 12.8 Å². The Morgan fingerprint density at radius 3 is 2.00 bits per heavy atom. The first-order valence-electron chi connectivity index (χ1n) is 6.55. The van der Waals surface area contributed by atoms with Gasteiger partial charge in [-0.2, -0.15) is 0 Å². The van der Waals surface area contributed by atoms with E-state index in [0.29, 0.717) is 25.7 Å². The molecule has 0 saturated heterocycles. The van der Waals surface area contributed by atoms with Crippen LogP contribution in [0, 0.1) is 5.92 Å². The van der Waals surface area contributed by atoms with E-state index in [9.17, 15) is 18.7 Å². The molecule has 0 radical (unpaired) electrons. The maximum atomic E-state index is 11.8. The Kier molecular flexibility index (Phi) is 6.32. The zero-order chi connectivity index (χ0) is 17.1. The number of carboxylic acid groups (broad SMARTS) is 1. The number of nitrogens with one attached hydrogen (secondary N) is 1. The number of carboxylic acids is 1. The van der Waals surface area contributed by atoms with Crippen molar-refractivity contribution in [3.8, 4) is 0 Å². The lowest BCUT2D eigenvalue weighted by Gasteiger charge is -2.30. The minimum absolute atomic E-state index is 0.362. The summed E-state index contributed by atoms with van der Waals surface area (Å²) in [6.07, 6.45) is 1.06. The number of aliphatic carboxylic acids is 1. The van der Waals surface area contributed by atoms with E-state index >= 15 is 0 Å². The summed E-state index contributed by atoms with van der Waals surface area (Å²) in [5, 5.41) is 8.96. The molecule has 1 amide bonds. The van der Waals surface area contributed by atoms with Gasteiger partial charge in [-0.15, -0.1) is 0 Å². The van der Waals surface area contributed by atoms with Gasteiger partial charge in [-0.1, -0.05) is 12.8 Å². The molecule has 0 bridgehead atoms. The van der Waals surface area contributed by atoms with Crippen LogP contribution in [0.25, 0.3) is 0 Å². The topological polar surface area (TPSA) is 181 Å². The predicted molar refractivity (Wildman–Crippen MR) is 74.0 cm³/mol. The average Bonchev–Trinajstić information content (AvgIpc) is 2.33. The van der Waals surface area contributed by atoms with Crippen molar-refractivity contribution >= 4 is 27.1 Å². The summed E-state index contributed by atoms with van der Waals surface area (Å²) < 4.78 is 22.2. The lowest BCUT2D eigenvalue weighted by molar-refractivity contribution is -0.144. The van der Waals surface area contributed by atoms with Gasteiger partial charge in [0.2, 0.25) is 5.91 Å². The molecule has 10 nitrogen and oxygen atoms in total. The van der Waals surface area contributed by atoms with E-state index in [1.807, 2.05) is 0 Å². The zero-order valence-corrected chi connectivity index (χ0v) is 13.3. The maximum Gasteiger partial charge on any atom is 0.341 e. The molecule has 128 valence electrons. The van der Waals surface area contributed by atoms with Crippen LogP contribution in [0.15, 0.2) is 0 Å². The molecule has 1 fully saturated rings. The van der Waals surface area contributed by atoms with E-state index in [0.717, 1.165) is 0 Å². The quantitative estimate of drug-likeness (QED) is 0.350. The Bertz CT molecular complexity index is 502. The number of hydrogen-bond donors (Lipinski definition) is 6. The normalized spacial score (nSPS) is 23.3. The van der Waals surface area contributed by atoms with Gasteiger partial charge in [0.15, 0.2) is 5.40 Å². The molecule has 22 heavy (non-hydrogen) atoms. The van der Waals surface area contributed by atoms with Gasteiger partial charge in [-0.25, -0.2) is 0 Å². The van der Waals surface area contributed by atoms with Crippen LogP contribution in [0.3, 0.4) is 0 Å². The molecule has 1 aliphatic rings. The third-order valence-electron chi connectivity index (χ3n) is 3.57. The van der Waals surface area contributed by atoms with Crippen LogP contribution in [0.2, 0.25) is 0 Å². The highest BCUT2D eigenvalue weighted by molar-refractivity contribution is 7.70. The fourth-order valence-corrected chi connectivity index (χ4v) is 4.84. The summed E-state index contributed by atoms with van der Waals surface area (Å²) >= 11 is 0. The predicted octanol–water partition coefficient (Wildman–Crippen LogP) is -0.182. The number of carbonyl (C=O) groups is 2. The highest BCUT2D eigenvalue weighted by atomic mass is 31.2. The van der Waals surface area contributed by atoms with Crippen molar-refractivity contribution in [2.24, 2.45) is 5.92 Å². The Labute approximate surface area is 126 Å². The monoisotopic (exact) mass is 359 g/mol. The molecular weight excluding hydrogens is 340 g/mol. The van der Waals surface area contributed by atoms with Crippen LogP contribution >= 0.6 is 15.2 Å². The third kappa shape index (κ3) is 5.46. The summed E-state index contributed by atoms with van der Waals surface area (Å²) in [7, 11) is -10.4. The van der Waals surface area contributed by atoms with Crippen molar-refractivity contribution in [1.82, 2.24) is 5.32 Å². The van der Waals surface area contributed by atoms with Crippen LogP contribution in [-0.2, 0) is 18.7 Å². The van der Waals surface area contributed by atoms with Crippen molar-refractivity contribution in [1.29, 1.82) is 0 Å². The Morgan fingerprint density at radius 1 is 1.05 bits per heavy atom. The summed E-state index contributed by atoms with van der Waals surface area (Å²) in [6.45, 7) is 0.